The monoisotopic (exact) mass is 855 g/mol. The van der Waals surface area contributed by atoms with E-state index in [0.717, 1.165) is 56.5 Å². The third kappa shape index (κ3) is 7.39. The summed E-state index contributed by atoms with van der Waals surface area (Å²) in [4.78, 5) is 4.75. The normalized spacial score (nSPS) is 11.3. The summed E-state index contributed by atoms with van der Waals surface area (Å²) in [6.07, 6.45) is 0. The molecule has 0 saturated heterocycles. The van der Waals surface area contributed by atoms with E-state index in [1.807, 2.05) is 0 Å². The molecule has 0 saturated carbocycles. The van der Waals surface area contributed by atoms with Crippen LogP contribution in [0.25, 0.3) is 71.6 Å². The average molecular weight is 856 g/mol. The smallest absolute Gasteiger partial charge is 0.0561 e. The van der Waals surface area contributed by atoms with Crippen molar-refractivity contribution in [1.29, 1.82) is 0 Å². The second kappa shape index (κ2) is 17.2. The van der Waals surface area contributed by atoms with Crippen LogP contribution in [0, 0.1) is 0 Å². The highest BCUT2D eigenvalue weighted by atomic mass is 15.2. The first-order valence-corrected chi connectivity index (χ1v) is 22.9. The second-order valence-corrected chi connectivity index (χ2v) is 17.0. The average Bonchev–Trinajstić information content (AvgIpc) is 3.74. The fraction of sp³-hybridized carbons (Fsp3) is 0. The van der Waals surface area contributed by atoms with Crippen LogP contribution in [0.5, 0.6) is 0 Å². The molecule has 1 heterocycles. The highest BCUT2D eigenvalue weighted by Crippen LogP contribution is 2.46. The molecular weight excluding hydrogens is 811 g/mol. The van der Waals surface area contributed by atoms with E-state index in [0.29, 0.717) is 0 Å². The maximum absolute atomic E-state index is 2.45. The van der Waals surface area contributed by atoms with Crippen molar-refractivity contribution in [1.82, 2.24) is 4.57 Å². The maximum atomic E-state index is 2.45. The molecule has 0 aliphatic carbocycles. The number of nitrogens with zero attached hydrogens (tertiary/aromatic N) is 3. The Bertz CT molecular complexity index is 3620. The Hall–Kier alpha value is -8.92. The van der Waals surface area contributed by atoms with Crippen LogP contribution in [0.15, 0.2) is 273 Å². The molecule has 67 heavy (non-hydrogen) atoms. The summed E-state index contributed by atoms with van der Waals surface area (Å²) in [5.74, 6) is 0. The summed E-state index contributed by atoms with van der Waals surface area (Å²) in [6, 6.07) is 98.6. The zero-order valence-electron chi connectivity index (χ0n) is 36.8. The van der Waals surface area contributed by atoms with Gasteiger partial charge in [0, 0.05) is 50.5 Å². The van der Waals surface area contributed by atoms with Crippen molar-refractivity contribution < 1.29 is 0 Å². The van der Waals surface area contributed by atoms with Crippen LogP contribution in [-0.4, -0.2) is 4.57 Å². The molecule has 0 aliphatic heterocycles. The maximum Gasteiger partial charge on any atom is 0.0561 e. The zero-order chi connectivity index (χ0) is 44.5. The molecule has 3 nitrogen and oxygen atoms in total. The van der Waals surface area contributed by atoms with Crippen molar-refractivity contribution in [2.45, 2.75) is 0 Å². The van der Waals surface area contributed by atoms with Gasteiger partial charge in [-0.15, -0.1) is 0 Å². The topological polar surface area (TPSA) is 11.4 Å². The molecule has 0 atom stereocenters. The molecule has 3 heteroatoms. The van der Waals surface area contributed by atoms with E-state index in [4.69, 9.17) is 0 Å². The molecule has 12 aromatic rings. The number of benzene rings is 11. The lowest BCUT2D eigenvalue weighted by Gasteiger charge is -2.29. The molecule has 316 valence electrons. The van der Waals surface area contributed by atoms with Gasteiger partial charge in [-0.2, -0.15) is 0 Å². The second-order valence-electron chi connectivity index (χ2n) is 17.0. The predicted octanol–water partition coefficient (Wildman–Crippen LogP) is 17.9. The number of hydrogen-bond donors (Lipinski definition) is 0. The lowest BCUT2D eigenvalue weighted by atomic mass is 9.94. The van der Waals surface area contributed by atoms with E-state index in [9.17, 15) is 0 Å². The van der Waals surface area contributed by atoms with Crippen LogP contribution in [0.1, 0.15) is 0 Å². The molecule has 0 radical (unpaired) electrons. The van der Waals surface area contributed by atoms with E-state index in [1.165, 1.54) is 49.3 Å². The lowest BCUT2D eigenvalue weighted by molar-refractivity contribution is 1.18. The Morgan fingerprint density at radius 2 is 0.687 bits per heavy atom. The van der Waals surface area contributed by atoms with Gasteiger partial charge < -0.3 is 14.4 Å². The molecule has 0 aliphatic rings. The summed E-state index contributed by atoms with van der Waals surface area (Å²) in [5, 5.41) is 4.85. The summed E-state index contributed by atoms with van der Waals surface area (Å²) in [5.41, 5.74) is 17.1. The highest BCUT2D eigenvalue weighted by molar-refractivity contribution is 6.11. The standard InChI is InChI=1S/C64H45N3/c1-5-19-46(20-6-1)61-43-49-21-13-14-22-50(49)44-63(61)66(56-41-42-60-59-31-17-18-32-62(59)67(64(60)45-56)53-27-11-4-12-28-53)55-39-35-48(36-40-55)58-30-16-15-29-57(58)47-33-37-54(38-34-47)65(51-23-7-2-8-24-51)52-25-9-3-10-26-52/h1-45H. The number of hydrogen-bond acceptors (Lipinski definition) is 2. The van der Waals surface area contributed by atoms with Crippen molar-refractivity contribution >= 4 is 66.7 Å². The zero-order valence-corrected chi connectivity index (χ0v) is 36.8. The Labute approximate surface area is 391 Å². The quantitative estimate of drug-likeness (QED) is 0.136. The Morgan fingerprint density at radius 3 is 1.30 bits per heavy atom. The lowest BCUT2D eigenvalue weighted by Crippen LogP contribution is -2.11. The number of anilines is 6. The molecule has 0 bridgehead atoms. The predicted molar refractivity (Wildman–Crippen MR) is 284 cm³/mol. The van der Waals surface area contributed by atoms with Crippen molar-refractivity contribution in [2.75, 3.05) is 9.80 Å². The molecule has 11 aromatic carbocycles. The van der Waals surface area contributed by atoms with Crippen LogP contribution in [0.2, 0.25) is 0 Å². The summed E-state index contributed by atoms with van der Waals surface area (Å²) in [7, 11) is 0. The molecule has 0 fully saturated rings. The van der Waals surface area contributed by atoms with Crippen molar-refractivity contribution in [3.05, 3.63) is 273 Å². The van der Waals surface area contributed by atoms with Gasteiger partial charge >= 0.3 is 0 Å². The molecule has 12 rings (SSSR count). The van der Waals surface area contributed by atoms with Gasteiger partial charge in [0.15, 0.2) is 0 Å². The van der Waals surface area contributed by atoms with Gasteiger partial charge in [-0.25, -0.2) is 0 Å². The van der Waals surface area contributed by atoms with Crippen LogP contribution in [0.4, 0.5) is 34.1 Å². The Kier molecular flexibility index (Phi) is 10.2. The number of para-hydroxylation sites is 4. The molecule has 0 unspecified atom stereocenters. The fourth-order valence-corrected chi connectivity index (χ4v) is 9.81. The van der Waals surface area contributed by atoms with Crippen LogP contribution in [-0.2, 0) is 0 Å². The number of aromatic nitrogens is 1. The molecule has 0 spiro atoms. The van der Waals surface area contributed by atoms with Crippen molar-refractivity contribution in [3.8, 4) is 39.1 Å². The Balaban J connectivity index is 0.993. The minimum Gasteiger partial charge on any atom is -0.311 e. The summed E-state index contributed by atoms with van der Waals surface area (Å²) < 4.78 is 2.40. The van der Waals surface area contributed by atoms with Gasteiger partial charge in [-0.3, -0.25) is 0 Å². The third-order valence-corrected chi connectivity index (χ3v) is 12.9. The first kappa shape index (κ1) is 39.7. The Morgan fingerprint density at radius 1 is 0.254 bits per heavy atom. The first-order chi connectivity index (χ1) is 33.2. The molecule has 0 amide bonds. The van der Waals surface area contributed by atoms with Crippen molar-refractivity contribution in [3.63, 3.8) is 0 Å². The van der Waals surface area contributed by atoms with Gasteiger partial charge in [-0.1, -0.05) is 182 Å². The van der Waals surface area contributed by atoms with Crippen LogP contribution >= 0.6 is 0 Å². The van der Waals surface area contributed by atoms with E-state index >= 15 is 0 Å². The van der Waals surface area contributed by atoms with Gasteiger partial charge in [-0.05, 0) is 130 Å². The van der Waals surface area contributed by atoms with Crippen molar-refractivity contribution in [2.24, 2.45) is 0 Å². The minimum absolute atomic E-state index is 1.07. The minimum atomic E-state index is 1.07. The van der Waals surface area contributed by atoms with Gasteiger partial charge in [0.05, 0.1) is 16.7 Å². The van der Waals surface area contributed by atoms with Gasteiger partial charge in [0.1, 0.15) is 0 Å². The number of rotatable bonds is 10. The van der Waals surface area contributed by atoms with E-state index in [1.54, 1.807) is 0 Å². The SMILES string of the molecule is c1ccc(-c2cc3ccccc3cc2N(c2ccc(-c3ccccc3-c3ccc(N(c4ccccc4)c4ccccc4)cc3)cc2)c2ccc3c4ccccc4n(-c4ccccc4)c3c2)cc1. The summed E-state index contributed by atoms with van der Waals surface area (Å²) >= 11 is 0. The number of fused-ring (bicyclic) bond motifs is 4. The molecule has 0 N–H and O–H groups in total. The van der Waals surface area contributed by atoms with Gasteiger partial charge in [0.2, 0.25) is 0 Å². The van der Waals surface area contributed by atoms with E-state index in [2.05, 4.69) is 287 Å². The van der Waals surface area contributed by atoms with Gasteiger partial charge in [0.25, 0.3) is 0 Å². The summed E-state index contributed by atoms with van der Waals surface area (Å²) in [6.45, 7) is 0. The van der Waals surface area contributed by atoms with Crippen LogP contribution in [0.3, 0.4) is 0 Å². The fourth-order valence-electron chi connectivity index (χ4n) is 9.81. The van der Waals surface area contributed by atoms with E-state index < -0.39 is 0 Å². The third-order valence-electron chi connectivity index (χ3n) is 12.9. The van der Waals surface area contributed by atoms with E-state index in [-0.39, 0.29) is 0 Å². The first-order valence-electron chi connectivity index (χ1n) is 22.9. The largest absolute Gasteiger partial charge is 0.311 e. The molecule has 1 aromatic heterocycles. The molecular formula is C64H45N3. The highest BCUT2D eigenvalue weighted by Gasteiger charge is 2.22. The van der Waals surface area contributed by atoms with Crippen LogP contribution < -0.4 is 9.80 Å².